The highest BCUT2D eigenvalue weighted by Gasteiger charge is 2.29. The minimum atomic E-state index is -3.72. The van der Waals surface area contributed by atoms with E-state index < -0.39 is 10.0 Å². The Balaban J connectivity index is 2.48. The van der Waals surface area contributed by atoms with Crippen LogP contribution >= 0.6 is 0 Å². The normalized spacial score (nSPS) is 11.6. The number of anilines is 2. The van der Waals surface area contributed by atoms with E-state index in [2.05, 4.69) is 5.16 Å². The van der Waals surface area contributed by atoms with Crippen LogP contribution in [0.15, 0.2) is 27.6 Å². The average molecular weight is 309 g/mol. The maximum absolute atomic E-state index is 12.7. The molecule has 0 spiro atoms. The number of rotatable bonds is 4. The van der Waals surface area contributed by atoms with Gasteiger partial charge in [-0.15, -0.1) is 0 Å². The van der Waals surface area contributed by atoms with Crippen LogP contribution in [-0.4, -0.2) is 20.6 Å². The highest BCUT2D eigenvalue weighted by Crippen LogP contribution is 2.28. The van der Waals surface area contributed by atoms with Crippen molar-refractivity contribution in [1.82, 2.24) is 5.16 Å². The Hall–Kier alpha value is -2.02. The van der Waals surface area contributed by atoms with Crippen molar-refractivity contribution < 1.29 is 12.9 Å². The number of hydrogen-bond acceptors (Lipinski definition) is 5. The summed E-state index contributed by atoms with van der Waals surface area (Å²) < 4.78 is 31.5. The lowest BCUT2D eigenvalue weighted by molar-refractivity contribution is 0.390. The Bertz CT molecular complexity index is 746. The molecule has 0 amide bonds. The van der Waals surface area contributed by atoms with Crippen molar-refractivity contribution in [2.24, 2.45) is 0 Å². The van der Waals surface area contributed by atoms with E-state index in [9.17, 15) is 8.42 Å². The van der Waals surface area contributed by atoms with Crippen molar-refractivity contribution in [1.29, 1.82) is 0 Å². The Labute approximate surface area is 124 Å². The van der Waals surface area contributed by atoms with Crippen LogP contribution in [0.25, 0.3) is 0 Å². The molecule has 2 aromatic rings. The number of nitrogens with zero attached hydrogens (tertiary/aromatic N) is 2. The van der Waals surface area contributed by atoms with E-state index in [4.69, 9.17) is 10.3 Å². The van der Waals surface area contributed by atoms with Crippen LogP contribution in [0.3, 0.4) is 0 Å². The maximum Gasteiger partial charge on any atom is 0.269 e. The van der Waals surface area contributed by atoms with Gasteiger partial charge >= 0.3 is 0 Å². The van der Waals surface area contributed by atoms with Gasteiger partial charge in [-0.2, -0.15) is 0 Å². The first-order valence-corrected chi connectivity index (χ1v) is 8.03. The molecule has 0 saturated carbocycles. The van der Waals surface area contributed by atoms with Crippen LogP contribution in [0.5, 0.6) is 0 Å². The van der Waals surface area contributed by atoms with Gasteiger partial charge in [0.15, 0.2) is 10.7 Å². The molecule has 1 aromatic heterocycles. The Kier molecular flexibility index (Phi) is 3.95. The van der Waals surface area contributed by atoms with Crippen LogP contribution in [0.2, 0.25) is 0 Å². The number of hydrogen-bond donors (Lipinski definition) is 1. The van der Waals surface area contributed by atoms with E-state index in [0.29, 0.717) is 17.1 Å². The molecule has 0 atom stereocenters. The summed E-state index contributed by atoms with van der Waals surface area (Å²) in [6.07, 6.45) is 0.798. The SMILES string of the molecule is CCc1ccc(N(C)S(=O)(=O)c2c(C)noc2C)cc1N. The second kappa shape index (κ2) is 5.40. The minimum absolute atomic E-state index is 0.100. The Morgan fingerprint density at radius 1 is 1.33 bits per heavy atom. The largest absolute Gasteiger partial charge is 0.398 e. The molecule has 2 N–H and O–H groups in total. The lowest BCUT2D eigenvalue weighted by Crippen LogP contribution is -2.27. The van der Waals surface area contributed by atoms with Crippen molar-refractivity contribution in [2.45, 2.75) is 32.1 Å². The van der Waals surface area contributed by atoms with Crippen LogP contribution < -0.4 is 10.0 Å². The summed E-state index contributed by atoms with van der Waals surface area (Å²) in [5, 5.41) is 3.70. The Morgan fingerprint density at radius 3 is 2.48 bits per heavy atom. The third kappa shape index (κ3) is 2.61. The van der Waals surface area contributed by atoms with Crippen LogP contribution in [0.4, 0.5) is 11.4 Å². The van der Waals surface area contributed by atoms with E-state index >= 15 is 0 Å². The van der Waals surface area contributed by atoms with Crippen molar-refractivity contribution >= 4 is 21.4 Å². The molecule has 21 heavy (non-hydrogen) atoms. The van der Waals surface area contributed by atoms with Gasteiger partial charge in [-0.05, 0) is 38.0 Å². The van der Waals surface area contributed by atoms with Crippen molar-refractivity contribution in [2.75, 3.05) is 17.1 Å². The van der Waals surface area contributed by atoms with Gasteiger partial charge in [0.25, 0.3) is 10.0 Å². The van der Waals surface area contributed by atoms with Gasteiger partial charge in [-0.3, -0.25) is 4.31 Å². The molecule has 114 valence electrons. The molecule has 0 radical (unpaired) electrons. The second-order valence-corrected chi connectivity index (χ2v) is 6.77. The second-order valence-electron chi connectivity index (χ2n) is 4.86. The standard InChI is InChI=1S/C14H19N3O3S/c1-5-11-6-7-12(8-13(11)15)17(4)21(18,19)14-9(2)16-20-10(14)3/h6-8H,5,15H2,1-4H3. The topological polar surface area (TPSA) is 89.4 Å². The van der Waals surface area contributed by atoms with Crippen molar-refractivity contribution in [3.05, 3.63) is 35.2 Å². The molecular formula is C14H19N3O3S. The van der Waals surface area contributed by atoms with Gasteiger partial charge in [0.2, 0.25) is 0 Å². The van der Waals surface area contributed by atoms with Gasteiger partial charge in [-0.1, -0.05) is 18.1 Å². The van der Waals surface area contributed by atoms with Gasteiger partial charge in [0.1, 0.15) is 5.69 Å². The molecule has 0 fully saturated rings. The molecule has 7 heteroatoms. The predicted octanol–water partition coefficient (Wildman–Crippen LogP) is 2.26. The molecule has 0 bridgehead atoms. The van der Waals surface area contributed by atoms with E-state index in [-0.39, 0.29) is 10.7 Å². The number of sulfonamides is 1. The van der Waals surface area contributed by atoms with Crippen LogP contribution in [0.1, 0.15) is 23.9 Å². The smallest absolute Gasteiger partial charge is 0.269 e. The van der Waals surface area contributed by atoms with E-state index in [1.54, 1.807) is 26.0 Å². The number of aryl methyl sites for hydroxylation is 3. The highest BCUT2D eigenvalue weighted by atomic mass is 32.2. The molecule has 0 unspecified atom stereocenters. The van der Waals surface area contributed by atoms with Gasteiger partial charge in [0, 0.05) is 12.7 Å². The molecule has 0 aliphatic rings. The zero-order valence-electron chi connectivity index (χ0n) is 12.5. The first-order chi connectivity index (χ1) is 9.78. The molecule has 1 aromatic carbocycles. The summed E-state index contributed by atoms with van der Waals surface area (Å²) in [6.45, 7) is 5.18. The fourth-order valence-corrected chi connectivity index (χ4v) is 3.69. The summed E-state index contributed by atoms with van der Waals surface area (Å²) in [4.78, 5) is 0.100. The van der Waals surface area contributed by atoms with E-state index in [1.807, 2.05) is 13.0 Å². The minimum Gasteiger partial charge on any atom is -0.398 e. The molecule has 0 aliphatic carbocycles. The molecule has 0 aliphatic heterocycles. The monoisotopic (exact) mass is 309 g/mol. The predicted molar refractivity (Wildman–Crippen MR) is 81.8 cm³/mol. The van der Waals surface area contributed by atoms with Crippen molar-refractivity contribution in [3.63, 3.8) is 0 Å². The van der Waals surface area contributed by atoms with Gasteiger partial charge in [-0.25, -0.2) is 8.42 Å². The first-order valence-electron chi connectivity index (χ1n) is 6.59. The molecule has 6 nitrogen and oxygen atoms in total. The third-order valence-electron chi connectivity index (χ3n) is 3.46. The maximum atomic E-state index is 12.7. The number of nitrogen functional groups attached to an aromatic ring is 1. The summed E-state index contributed by atoms with van der Waals surface area (Å²) in [7, 11) is -2.24. The summed E-state index contributed by atoms with van der Waals surface area (Å²) in [6, 6.07) is 5.24. The van der Waals surface area contributed by atoms with Crippen LogP contribution in [0, 0.1) is 13.8 Å². The molecular weight excluding hydrogens is 290 g/mol. The fraction of sp³-hybridized carbons (Fsp3) is 0.357. The highest BCUT2D eigenvalue weighted by molar-refractivity contribution is 7.92. The fourth-order valence-electron chi connectivity index (χ4n) is 2.22. The lowest BCUT2D eigenvalue weighted by Gasteiger charge is -2.20. The summed E-state index contributed by atoms with van der Waals surface area (Å²) in [5.41, 5.74) is 8.36. The van der Waals surface area contributed by atoms with Gasteiger partial charge < -0.3 is 10.3 Å². The zero-order chi connectivity index (χ0) is 15.8. The van der Waals surface area contributed by atoms with E-state index in [0.717, 1.165) is 12.0 Å². The average Bonchev–Trinajstić information content (AvgIpc) is 2.77. The molecule has 2 rings (SSSR count). The van der Waals surface area contributed by atoms with Crippen LogP contribution in [-0.2, 0) is 16.4 Å². The number of benzene rings is 1. The van der Waals surface area contributed by atoms with Crippen molar-refractivity contribution in [3.8, 4) is 0 Å². The molecule has 1 heterocycles. The molecule has 0 saturated heterocycles. The Morgan fingerprint density at radius 2 is 2.00 bits per heavy atom. The quantitative estimate of drug-likeness (QED) is 0.875. The number of nitrogens with two attached hydrogens (primary N) is 1. The van der Waals surface area contributed by atoms with E-state index in [1.165, 1.54) is 11.4 Å². The number of aromatic nitrogens is 1. The summed E-state index contributed by atoms with van der Waals surface area (Å²) in [5.74, 6) is 0.275. The zero-order valence-corrected chi connectivity index (χ0v) is 13.4. The van der Waals surface area contributed by atoms with Gasteiger partial charge in [0.05, 0.1) is 5.69 Å². The third-order valence-corrected chi connectivity index (χ3v) is 5.49. The summed E-state index contributed by atoms with van der Waals surface area (Å²) >= 11 is 0. The lowest BCUT2D eigenvalue weighted by atomic mass is 10.1. The first kappa shape index (κ1) is 15.4.